The summed E-state index contributed by atoms with van der Waals surface area (Å²) >= 11 is 0. The largest absolute Gasteiger partial charge is 0.347 e. The molecule has 1 fully saturated rings. The lowest BCUT2D eigenvalue weighted by molar-refractivity contribution is 0.0946. The molecule has 1 aromatic carbocycles. The molecule has 0 bridgehead atoms. The lowest BCUT2D eigenvalue weighted by Gasteiger charge is -2.04. The van der Waals surface area contributed by atoms with E-state index in [1.54, 1.807) is 18.3 Å². The summed E-state index contributed by atoms with van der Waals surface area (Å²) in [5.74, 6) is -0.0928. The van der Waals surface area contributed by atoms with Crippen LogP contribution in [0.4, 0.5) is 4.39 Å². The fourth-order valence-corrected chi connectivity index (χ4v) is 3.87. The molecular weight excluding hydrogens is 301 g/mol. The number of halogens is 1. The van der Waals surface area contributed by atoms with Gasteiger partial charge in [0.1, 0.15) is 0 Å². The maximum Gasteiger partial charge on any atom is 0.169 e. The standard InChI is InChI=1S/C21H28FNO/c1-20(2)19(21(20,3)4)18(24)16-14-23(13-9-5-8-12-22)17-11-7-6-10-15(16)17/h6-7,10-11,14,19H,5,8-9,12-13H2,1-4H3/i12D2,13D2. The number of hydrogen-bond acceptors (Lipinski definition) is 1. The topological polar surface area (TPSA) is 22.0 Å². The lowest BCUT2D eigenvalue weighted by Crippen LogP contribution is -2.07. The van der Waals surface area contributed by atoms with Crippen molar-refractivity contribution >= 4 is 16.7 Å². The third-order valence-electron chi connectivity index (χ3n) is 5.99. The van der Waals surface area contributed by atoms with Crippen molar-refractivity contribution in [3.05, 3.63) is 36.0 Å². The maximum absolute atomic E-state index is 13.3. The number of hydrogen-bond donors (Lipinski definition) is 0. The highest BCUT2D eigenvalue weighted by Crippen LogP contribution is 2.69. The van der Waals surface area contributed by atoms with Gasteiger partial charge in [-0.1, -0.05) is 45.9 Å². The molecule has 3 heteroatoms. The number of aromatic nitrogens is 1. The fourth-order valence-electron chi connectivity index (χ4n) is 3.87. The van der Waals surface area contributed by atoms with Crippen molar-refractivity contribution in [2.45, 2.75) is 53.5 Å². The van der Waals surface area contributed by atoms with Gasteiger partial charge in [0.15, 0.2) is 5.78 Å². The van der Waals surface area contributed by atoms with E-state index >= 15 is 0 Å². The first-order valence-electron chi connectivity index (χ1n) is 10.5. The summed E-state index contributed by atoms with van der Waals surface area (Å²) < 4.78 is 45.5. The van der Waals surface area contributed by atoms with E-state index in [9.17, 15) is 9.18 Å². The van der Waals surface area contributed by atoms with E-state index in [0.29, 0.717) is 11.1 Å². The van der Waals surface area contributed by atoms with Crippen molar-refractivity contribution in [2.24, 2.45) is 16.7 Å². The van der Waals surface area contributed by atoms with Crippen LogP contribution in [0.25, 0.3) is 10.9 Å². The van der Waals surface area contributed by atoms with Crippen LogP contribution in [0.15, 0.2) is 30.5 Å². The highest BCUT2D eigenvalue weighted by atomic mass is 19.1. The van der Waals surface area contributed by atoms with Crippen LogP contribution in [0.5, 0.6) is 0 Å². The van der Waals surface area contributed by atoms with Crippen LogP contribution in [0.3, 0.4) is 0 Å². The first-order chi connectivity index (χ1) is 12.7. The normalized spacial score (nSPS) is 22.5. The Bertz CT molecular complexity index is 897. The summed E-state index contributed by atoms with van der Waals surface area (Å²) in [5.41, 5.74) is 0.914. The molecule has 1 heterocycles. The Hall–Kier alpha value is -1.64. The summed E-state index contributed by atoms with van der Waals surface area (Å²) in [6, 6.07) is 7.24. The molecule has 3 rings (SSSR count). The molecule has 2 aromatic rings. The van der Waals surface area contributed by atoms with Crippen LogP contribution < -0.4 is 0 Å². The highest BCUT2D eigenvalue weighted by Gasteiger charge is 2.68. The van der Waals surface area contributed by atoms with Crippen molar-refractivity contribution in [1.29, 1.82) is 0 Å². The summed E-state index contributed by atoms with van der Waals surface area (Å²) in [5, 5.41) is 0.718. The molecule has 1 saturated carbocycles. The predicted molar refractivity (Wildman–Crippen MR) is 97.1 cm³/mol. The molecule has 0 spiro atoms. The molecule has 1 aromatic heterocycles. The minimum Gasteiger partial charge on any atom is -0.347 e. The molecule has 0 N–H and O–H groups in total. The lowest BCUT2D eigenvalue weighted by atomic mass is 10.0. The van der Waals surface area contributed by atoms with Gasteiger partial charge in [-0.2, -0.15) is 0 Å². The highest BCUT2D eigenvalue weighted by molar-refractivity contribution is 6.11. The number of aryl methyl sites for hydroxylation is 1. The van der Waals surface area contributed by atoms with Gasteiger partial charge >= 0.3 is 0 Å². The average molecular weight is 333 g/mol. The number of fused-ring (bicyclic) bond motifs is 1. The summed E-state index contributed by atoms with van der Waals surface area (Å²) in [6.07, 6.45) is 1.25. The van der Waals surface area contributed by atoms with E-state index < -0.39 is 13.1 Å². The van der Waals surface area contributed by atoms with Crippen LogP contribution in [-0.4, -0.2) is 17.0 Å². The zero-order valence-corrected chi connectivity index (χ0v) is 14.8. The number of carbonyl (C=O) groups is 1. The van der Waals surface area contributed by atoms with E-state index in [4.69, 9.17) is 5.48 Å². The van der Waals surface area contributed by atoms with Gasteiger partial charge in [0, 0.05) is 37.8 Å². The van der Waals surface area contributed by atoms with Crippen LogP contribution in [0.1, 0.15) is 62.8 Å². The summed E-state index contributed by atoms with van der Waals surface area (Å²) in [6.45, 7) is 3.67. The van der Waals surface area contributed by atoms with Crippen LogP contribution in [0, 0.1) is 16.7 Å². The molecule has 0 radical (unpaired) electrons. The van der Waals surface area contributed by atoms with Crippen LogP contribution in [-0.2, 0) is 6.50 Å². The zero-order valence-electron chi connectivity index (χ0n) is 18.8. The van der Waals surface area contributed by atoms with E-state index in [-0.39, 0.29) is 41.8 Å². The van der Waals surface area contributed by atoms with E-state index in [1.165, 1.54) is 4.57 Å². The summed E-state index contributed by atoms with van der Waals surface area (Å²) in [7, 11) is 0. The third kappa shape index (κ3) is 2.58. The maximum atomic E-state index is 13.3. The van der Waals surface area contributed by atoms with Gasteiger partial charge in [0.05, 0.1) is 9.37 Å². The second-order valence-electron chi connectivity index (χ2n) is 7.82. The number of alkyl halides is 1. The third-order valence-corrected chi connectivity index (χ3v) is 5.99. The van der Waals surface area contributed by atoms with E-state index in [2.05, 4.69) is 27.7 Å². The second kappa shape index (κ2) is 6.02. The molecule has 2 nitrogen and oxygen atoms in total. The van der Waals surface area contributed by atoms with Gasteiger partial charge in [-0.15, -0.1) is 0 Å². The smallest absolute Gasteiger partial charge is 0.169 e. The molecule has 0 atom stereocenters. The molecule has 24 heavy (non-hydrogen) atoms. The van der Waals surface area contributed by atoms with Crippen molar-refractivity contribution in [2.75, 3.05) is 6.63 Å². The number of carbonyl (C=O) groups excluding carboxylic acids is 1. The van der Waals surface area contributed by atoms with Gasteiger partial charge in [-0.3, -0.25) is 9.18 Å². The number of para-hydroxylation sites is 1. The SMILES string of the molecule is [2H]C([2H])(F)CCCC([2H])([2H])n1cc(C(=O)C2C(C)(C)C2(C)C)c2ccccc21. The fraction of sp³-hybridized carbons (Fsp3) is 0.571. The number of Topliss-reactive ketones (excluding diaryl/α,β-unsaturated/α-hetero) is 1. The Morgan fingerprint density at radius 2 is 1.83 bits per heavy atom. The molecule has 0 unspecified atom stereocenters. The Kier molecular flexibility index (Phi) is 3.18. The van der Waals surface area contributed by atoms with Crippen molar-refractivity contribution in [3.8, 4) is 0 Å². The second-order valence-corrected chi connectivity index (χ2v) is 7.82. The molecule has 0 amide bonds. The predicted octanol–water partition coefficient (Wildman–Crippen LogP) is 5.65. The Morgan fingerprint density at radius 1 is 1.17 bits per heavy atom. The van der Waals surface area contributed by atoms with Crippen LogP contribution >= 0.6 is 0 Å². The molecule has 130 valence electrons. The minimum atomic E-state index is -2.81. The molecule has 1 aliphatic rings. The van der Waals surface area contributed by atoms with Gasteiger partial charge < -0.3 is 4.57 Å². The molecule has 0 saturated heterocycles. The number of nitrogens with zero attached hydrogens (tertiary/aromatic N) is 1. The van der Waals surface area contributed by atoms with Crippen molar-refractivity contribution in [3.63, 3.8) is 0 Å². The molecule has 1 aliphatic carbocycles. The first-order valence-corrected chi connectivity index (χ1v) is 8.54. The van der Waals surface area contributed by atoms with Crippen molar-refractivity contribution < 1.29 is 14.7 Å². The number of ketones is 1. The summed E-state index contributed by atoms with van der Waals surface area (Å²) in [4.78, 5) is 13.3. The molecule has 0 aliphatic heterocycles. The van der Waals surface area contributed by atoms with Gasteiger partial charge in [0.25, 0.3) is 0 Å². The monoisotopic (exact) mass is 333 g/mol. The minimum absolute atomic E-state index is 0.0286. The number of benzene rings is 1. The number of rotatable bonds is 7. The van der Waals surface area contributed by atoms with E-state index in [0.717, 1.165) is 5.39 Å². The zero-order chi connectivity index (χ0) is 21.1. The quantitative estimate of drug-likeness (QED) is 0.600. The Balaban J connectivity index is 1.96. The Labute approximate surface area is 149 Å². The van der Waals surface area contributed by atoms with Gasteiger partial charge in [-0.25, -0.2) is 0 Å². The van der Waals surface area contributed by atoms with Gasteiger partial charge in [0.2, 0.25) is 0 Å². The average Bonchev–Trinajstić information content (AvgIpc) is 2.84. The molecular formula is C21H28FNO. The Morgan fingerprint density at radius 3 is 2.46 bits per heavy atom. The first kappa shape index (κ1) is 12.7. The van der Waals surface area contributed by atoms with Crippen molar-refractivity contribution in [1.82, 2.24) is 4.57 Å². The van der Waals surface area contributed by atoms with Crippen LogP contribution in [0.2, 0.25) is 0 Å². The van der Waals surface area contributed by atoms with Gasteiger partial charge in [-0.05, 0) is 36.2 Å². The van der Waals surface area contributed by atoms with E-state index in [1.807, 2.05) is 12.1 Å².